The van der Waals surface area contributed by atoms with Crippen molar-refractivity contribution in [3.8, 4) is 0 Å². The Morgan fingerprint density at radius 1 is 1.09 bits per heavy atom. The number of para-hydroxylation sites is 2. The van der Waals surface area contributed by atoms with Crippen molar-refractivity contribution < 1.29 is 4.74 Å². The van der Waals surface area contributed by atoms with Crippen molar-refractivity contribution in [3.05, 3.63) is 30.1 Å². The number of imidazole rings is 1. The quantitative estimate of drug-likeness (QED) is 0.940. The Kier molecular flexibility index (Phi) is 4.60. The van der Waals surface area contributed by atoms with E-state index in [-0.39, 0.29) is 0 Å². The molecule has 0 spiro atoms. The van der Waals surface area contributed by atoms with Crippen LogP contribution >= 0.6 is 0 Å². The lowest BCUT2D eigenvalue weighted by Gasteiger charge is -2.36. The van der Waals surface area contributed by atoms with Gasteiger partial charge in [0.15, 0.2) is 0 Å². The van der Waals surface area contributed by atoms with E-state index in [0.717, 1.165) is 62.7 Å². The van der Waals surface area contributed by atoms with Crippen LogP contribution in [0.3, 0.4) is 0 Å². The first-order valence-corrected chi connectivity index (χ1v) is 8.87. The Balaban J connectivity index is 1.27. The Labute approximate surface area is 137 Å². The Hall–Kier alpha value is -1.43. The molecule has 0 amide bonds. The third kappa shape index (κ3) is 3.74. The number of fused-ring (bicyclic) bond motifs is 1. The minimum absolute atomic E-state index is 0.464. The van der Waals surface area contributed by atoms with Gasteiger partial charge in [0.1, 0.15) is 5.82 Å². The maximum absolute atomic E-state index is 5.87. The zero-order chi connectivity index (χ0) is 15.5. The number of nitrogens with zero attached hydrogens (tertiary/aromatic N) is 3. The fourth-order valence-corrected chi connectivity index (χ4v) is 3.66. The molecule has 1 N–H and O–H groups in total. The third-order valence-electron chi connectivity index (χ3n) is 5.01. The summed E-state index contributed by atoms with van der Waals surface area (Å²) in [7, 11) is 0. The molecule has 2 aliphatic heterocycles. The molecule has 5 heteroatoms. The summed E-state index contributed by atoms with van der Waals surface area (Å²) < 4.78 is 5.87. The number of ether oxygens (including phenoxy) is 1. The van der Waals surface area contributed by atoms with E-state index in [0.29, 0.717) is 6.10 Å². The average Bonchev–Trinajstić information content (AvgIpc) is 3.00. The first-order valence-electron chi connectivity index (χ1n) is 8.87. The maximum Gasteiger partial charge on any atom is 0.121 e. The van der Waals surface area contributed by atoms with Crippen molar-refractivity contribution in [2.45, 2.75) is 31.9 Å². The van der Waals surface area contributed by atoms with Crippen LogP contribution < -0.4 is 0 Å². The molecule has 2 saturated heterocycles. The molecule has 124 valence electrons. The first-order chi connectivity index (χ1) is 11.4. The van der Waals surface area contributed by atoms with Gasteiger partial charge in [0.25, 0.3) is 0 Å². The fourth-order valence-electron chi connectivity index (χ4n) is 3.66. The molecule has 23 heavy (non-hydrogen) atoms. The Morgan fingerprint density at radius 3 is 2.70 bits per heavy atom. The molecule has 1 atom stereocenters. The van der Waals surface area contributed by atoms with Crippen LogP contribution in [0.4, 0.5) is 0 Å². The second-order valence-electron chi connectivity index (χ2n) is 6.77. The van der Waals surface area contributed by atoms with Crippen LogP contribution in [0.2, 0.25) is 0 Å². The molecule has 2 aliphatic rings. The van der Waals surface area contributed by atoms with Crippen molar-refractivity contribution in [1.29, 1.82) is 0 Å². The summed E-state index contributed by atoms with van der Waals surface area (Å²) in [4.78, 5) is 13.2. The average molecular weight is 314 g/mol. The van der Waals surface area contributed by atoms with Gasteiger partial charge in [-0.15, -0.1) is 0 Å². The van der Waals surface area contributed by atoms with E-state index in [9.17, 15) is 0 Å². The van der Waals surface area contributed by atoms with Crippen LogP contribution in [0, 0.1) is 0 Å². The van der Waals surface area contributed by atoms with Crippen LogP contribution in [0.5, 0.6) is 0 Å². The van der Waals surface area contributed by atoms with Gasteiger partial charge in [-0.3, -0.25) is 9.80 Å². The second kappa shape index (κ2) is 6.99. The molecule has 2 aromatic rings. The van der Waals surface area contributed by atoms with Crippen molar-refractivity contribution in [2.75, 3.05) is 39.3 Å². The van der Waals surface area contributed by atoms with Gasteiger partial charge in [-0.25, -0.2) is 4.98 Å². The highest BCUT2D eigenvalue weighted by Crippen LogP contribution is 2.16. The first kappa shape index (κ1) is 15.1. The normalized spacial score (nSPS) is 24.3. The molecule has 1 aromatic heterocycles. The molecule has 2 fully saturated rings. The van der Waals surface area contributed by atoms with Crippen LogP contribution in [0.15, 0.2) is 24.3 Å². The van der Waals surface area contributed by atoms with E-state index in [1.54, 1.807) is 0 Å². The number of rotatable bonds is 4. The number of piperazine rings is 1. The summed E-state index contributed by atoms with van der Waals surface area (Å²) in [5.41, 5.74) is 2.20. The minimum Gasteiger partial charge on any atom is -0.377 e. The lowest BCUT2D eigenvalue weighted by molar-refractivity contribution is -0.0147. The minimum atomic E-state index is 0.464. The number of hydrogen-bond acceptors (Lipinski definition) is 4. The topological polar surface area (TPSA) is 44.4 Å². The van der Waals surface area contributed by atoms with Gasteiger partial charge in [0, 0.05) is 39.3 Å². The fraction of sp³-hybridized carbons (Fsp3) is 0.611. The lowest BCUT2D eigenvalue weighted by Crippen LogP contribution is -2.48. The number of benzene rings is 1. The summed E-state index contributed by atoms with van der Waals surface area (Å²) in [6, 6.07) is 8.25. The molecular weight excluding hydrogens is 288 g/mol. The van der Waals surface area contributed by atoms with Crippen molar-refractivity contribution in [3.63, 3.8) is 0 Å². The van der Waals surface area contributed by atoms with Crippen molar-refractivity contribution in [2.24, 2.45) is 0 Å². The molecule has 0 saturated carbocycles. The predicted molar refractivity (Wildman–Crippen MR) is 91.4 cm³/mol. The molecule has 0 unspecified atom stereocenters. The summed E-state index contributed by atoms with van der Waals surface area (Å²) in [6.45, 7) is 7.49. The lowest BCUT2D eigenvalue weighted by atomic mass is 10.1. The Bertz CT molecular complexity index is 594. The highest BCUT2D eigenvalue weighted by atomic mass is 16.5. The molecule has 4 rings (SSSR count). The largest absolute Gasteiger partial charge is 0.377 e. The van der Waals surface area contributed by atoms with E-state index in [4.69, 9.17) is 4.74 Å². The standard InChI is InChI=1S/C18H26N4O/c1-2-7-17-16(6-1)19-18(20-17)14-22-10-8-21(9-11-22)13-15-5-3-4-12-23-15/h1-2,6-7,15H,3-5,8-14H2,(H,19,20)/t15-/m1/s1. The number of hydrogen-bond donors (Lipinski definition) is 1. The van der Waals surface area contributed by atoms with Crippen LogP contribution in [0.25, 0.3) is 11.0 Å². The zero-order valence-corrected chi connectivity index (χ0v) is 13.7. The van der Waals surface area contributed by atoms with Crippen LogP contribution in [-0.2, 0) is 11.3 Å². The number of nitrogens with one attached hydrogen (secondary N) is 1. The molecule has 0 radical (unpaired) electrons. The number of aromatic nitrogens is 2. The number of H-pyrrole nitrogens is 1. The second-order valence-corrected chi connectivity index (χ2v) is 6.77. The van der Waals surface area contributed by atoms with Gasteiger partial charge in [-0.1, -0.05) is 12.1 Å². The summed E-state index contributed by atoms with van der Waals surface area (Å²) in [6.07, 6.45) is 4.27. The van der Waals surface area contributed by atoms with E-state index in [1.807, 2.05) is 6.07 Å². The van der Waals surface area contributed by atoms with Crippen molar-refractivity contribution >= 4 is 11.0 Å². The SMILES string of the molecule is c1ccc2[nH]c(CN3CCN(C[C@H]4CCCCO4)CC3)nc2c1. The van der Waals surface area contributed by atoms with E-state index < -0.39 is 0 Å². The van der Waals surface area contributed by atoms with E-state index >= 15 is 0 Å². The van der Waals surface area contributed by atoms with Crippen molar-refractivity contribution in [1.82, 2.24) is 19.8 Å². The van der Waals surface area contributed by atoms with Gasteiger partial charge in [0.2, 0.25) is 0 Å². The predicted octanol–water partition coefficient (Wildman–Crippen LogP) is 2.25. The molecule has 0 bridgehead atoms. The molecule has 3 heterocycles. The Morgan fingerprint density at radius 2 is 1.91 bits per heavy atom. The monoisotopic (exact) mass is 314 g/mol. The van der Waals surface area contributed by atoms with Gasteiger partial charge in [0.05, 0.1) is 23.7 Å². The van der Waals surface area contributed by atoms with Gasteiger partial charge in [-0.2, -0.15) is 0 Å². The van der Waals surface area contributed by atoms with Gasteiger partial charge < -0.3 is 9.72 Å². The zero-order valence-electron chi connectivity index (χ0n) is 13.7. The summed E-state index contributed by atoms with van der Waals surface area (Å²) in [5.74, 6) is 1.08. The van der Waals surface area contributed by atoms with Gasteiger partial charge in [-0.05, 0) is 31.4 Å². The molecular formula is C18H26N4O. The highest BCUT2D eigenvalue weighted by Gasteiger charge is 2.22. The third-order valence-corrected chi connectivity index (χ3v) is 5.01. The smallest absolute Gasteiger partial charge is 0.121 e. The number of aromatic amines is 1. The van der Waals surface area contributed by atoms with E-state index in [2.05, 4.69) is 38.0 Å². The van der Waals surface area contributed by atoms with Crippen LogP contribution in [0.1, 0.15) is 25.1 Å². The summed E-state index contributed by atoms with van der Waals surface area (Å²) in [5, 5.41) is 0. The molecule has 5 nitrogen and oxygen atoms in total. The maximum atomic E-state index is 5.87. The molecule has 1 aromatic carbocycles. The van der Waals surface area contributed by atoms with E-state index in [1.165, 1.54) is 19.3 Å². The van der Waals surface area contributed by atoms with Crippen LogP contribution in [-0.4, -0.2) is 65.2 Å². The highest BCUT2D eigenvalue weighted by molar-refractivity contribution is 5.74. The van der Waals surface area contributed by atoms with Gasteiger partial charge >= 0.3 is 0 Å². The summed E-state index contributed by atoms with van der Waals surface area (Å²) >= 11 is 0. The molecule has 0 aliphatic carbocycles.